The number of rotatable bonds is 5. The molecular formula is C18H20F2N2O4. The number of carbonyl (C=O) groups excluding carboxylic acids is 2. The van der Waals surface area contributed by atoms with Crippen LogP contribution in [0.2, 0.25) is 0 Å². The minimum atomic E-state index is -0.982. The summed E-state index contributed by atoms with van der Waals surface area (Å²) in [6, 6.07) is 2.92. The van der Waals surface area contributed by atoms with Gasteiger partial charge in [0.25, 0.3) is 0 Å². The monoisotopic (exact) mass is 366 g/mol. The molecule has 1 aliphatic heterocycles. The SMILES string of the molecule is O=C(O)CC1(NC(=O)C2CC(=O)N(c3ccc(F)cc3F)C2)CCCC1. The number of hydrogen-bond acceptors (Lipinski definition) is 3. The molecule has 140 valence electrons. The van der Waals surface area contributed by atoms with Crippen LogP contribution in [-0.2, 0) is 14.4 Å². The van der Waals surface area contributed by atoms with Crippen LogP contribution < -0.4 is 10.2 Å². The average molecular weight is 366 g/mol. The van der Waals surface area contributed by atoms with Crippen LogP contribution in [0.1, 0.15) is 38.5 Å². The average Bonchev–Trinajstić information content (AvgIpc) is 3.14. The number of nitrogens with zero attached hydrogens (tertiary/aromatic N) is 1. The van der Waals surface area contributed by atoms with Gasteiger partial charge in [-0.3, -0.25) is 14.4 Å². The zero-order chi connectivity index (χ0) is 18.9. The highest BCUT2D eigenvalue weighted by Crippen LogP contribution is 2.34. The van der Waals surface area contributed by atoms with E-state index < -0.39 is 40.9 Å². The number of halogens is 2. The van der Waals surface area contributed by atoms with Crippen LogP contribution in [0, 0.1) is 17.6 Å². The second-order valence-corrected chi connectivity index (χ2v) is 7.05. The highest BCUT2D eigenvalue weighted by Gasteiger charge is 2.42. The minimum Gasteiger partial charge on any atom is -0.481 e. The van der Waals surface area contributed by atoms with Gasteiger partial charge in [-0.15, -0.1) is 0 Å². The molecule has 2 fully saturated rings. The predicted octanol–water partition coefficient (Wildman–Crippen LogP) is 2.22. The molecule has 0 radical (unpaired) electrons. The smallest absolute Gasteiger partial charge is 0.305 e. The lowest BCUT2D eigenvalue weighted by Crippen LogP contribution is -2.50. The van der Waals surface area contributed by atoms with E-state index in [2.05, 4.69) is 5.32 Å². The van der Waals surface area contributed by atoms with Gasteiger partial charge in [0, 0.05) is 19.0 Å². The Morgan fingerprint density at radius 2 is 1.96 bits per heavy atom. The lowest BCUT2D eigenvalue weighted by atomic mass is 9.92. The summed E-state index contributed by atoms with van der Waals surface area (Å²) in [6.07, 6.45) is 2.60. The number of amides is 2. The molecule has 1 atom stereocenters. The molecule has 6 nitrogen and oxygen atoms in total. The Balaban J connectivity index is 1.71. The van der Waals surface area contributed by atoms with Crippen LogP contribution in [0.4, 0.5) is 14.5 Å². The highest BCUT2D eigenvalue weighted by atomic mass is 19.1. The van der Waals surface area contributed by atoms with Gasteiger partial charge in [-0.05, 0) is 25.0 Å². The molecule has 1 heterocycles. The standard InChI is InChI=1S/C18H20F2N2O4/c19-12-3-4-14(13(20)8-12)22-10-11(7-15(22)23)17(26)21-18(9-16(24)25)5-1-2-6-18/h3-4,8,11H,1-2,5-7,9-10H2,(H,21,26)(H,24,25). The molecule has 2 amide bonds. The zero-order valence-electron chi connectivity index (χ0n) is 14.1. The van der Waals surface area contributed by atoms with Gasteiger partial charge >= 0.3 is 5.97 Å². The summed E-state index contributed by atoms with van der Waals surface area (Å²) < 4.78 is 27.0. The van der Waals surface area contributed by atoms with Gasteiger partial charge in [0.15, 0.2) is 0 Å². The maximum atomic E-state index is 13.9. The van der Waals surface area contributed by atoms with Crippen molar-refractivity contribution < 1.29 is 28.3 Å². The molecule has 2 aliphatic rings. The van der Waals surface area contributed by atoms with Gasteiger partial charge in [0.1, 0.15) is 11.6 Å². The van der Waals surface area contributed by atoms with Crippen molar-refractivity contribution in [1.82, 2.24) is 5.32 Å². The van der Waals surface area contributed by atoms with E-state index in [1.807, 2.05) is 0 Å². The molecular weight excluding hydrogens is 346 g/mol. The molecule has 1 saturated carbocycles. The zero-order valence-corrected chi connectivity index (χ0v) is 14.1. The van der Waals surface area contributed by atoms with Crippen molar-refractivity contribution in [2.24, 2.45) is 5.92 Å². The molecule has 1 aliphatic carbocycles. The van der Waals surface area contributed by atoms with E-state index in [4.69, 9.17) is 5.11 Å². The number of hydrogen-bond donors (Lipinski definition) is 2. The van der Waals surface area contributed by atoms with Crippen LogP contribution in [0.15, 0.2) is 18.2 Å². The molecule has 1 aromatic carbocycles. The van der Waals surface area contributed by atoms with E-state index in [1.165, 1.54) is 6.07 Å². The molecule has 1 unspecified atom stereocenters. The van der Waals surface area contributed by atoms with E-state index in [-0.39, 0.29) is 25.1 Å². The summed E-state index contributed by atoms with van der Waals surface area (Å²) in [7, 11) is 0. The summed E-state index contributed by atoms with van der Waals surface area (Å²) >= 11 is 0. The number of carboxylic acids is 1. The van der Waals surface area contributed by atoms with E-state index >= 15 is 0 Å². The van der Waals surface area contributed by atoms with Crippen molar-refractivity contribution in [3.63, 3.8) is 0 Å². The second-order valence-electron chi connectivity index (χ2n) is 7.05. The summed E-state index contributed by atoms with van der Waals surface area (Å²) in [6.45, 7) is -0.0175. The van der Waals surface area contributed by atoms with Crippen LogP contribution >= 0.6 is 0 Å². The first-order chi connectivity index (χ1) is 12.3. The summed E-state index contributed by atoms with van der Waals surface area (Å²) in [5.41, 5.74) is -0.839. The first kappa shape index (κ1) is 18.3. The quantitative estimate of drug-likeness (QED) is 0.837. The predicted molar refractivity (Wildman–Crippen MR) is 88.4 cm³/mol. The van der Waals surface area contributed by atoms with Crippen LogP contribution in [0.3, 0.4) is 0 Å². The lowest BCUT2D eigenvalue weighted by molar-refractivity contribution is -0.139. The van der Waals surface area contributed by atoms with Gasteiger partial charge in [0.05, 0.1) is 23.6 Å². The molecule has 3 rings (SSSR count). The largest absolute Gasteiger partial charge is 0.481 e. The van der Waals surface area contributed by atoms with Crippen LogP contribution in [0.5, 0.6) is 0 Å². The molecule has 0 spiro atoms. The Bertz CT molecular complexity index is 747. The fourth-order valence-corrected chi connectivity index (χ4v) is 3.87. The van der Waals surface area contributed by atoms with Crippen molar-refractivity contribution in [1.29, 1.82) is 0 Å². The number of benzene rings is 1. The maximum Gasteiger partial charge on any atom is 0.305 e. The third kappa shape index (κ3) is 3.68. The Morgan fingerprint density at radius 3 is 2.58 bits per heavy atom. The molecule has 1 aromatic rings. The maximum absolute atomic E-state index is 13.9. The highest BCUT2D eigenvalue weighted by molar-refractivity contribution is 6.00. The lowest BCUT2D eigenvalue weighted by Gasteiger charge is -2.30. The fourth-order valence-electron chi connectivity index (χ4n) is 3.87. The molecule has 1 saturated heterocycles. The van der Waals surface area contributed by atoms with E-state index in [9.17, 15) is 23.2 Å². The van der Waals surface area contributed by atoms with Crippen molar-refractivity contribution >= 4 is 23.5 Å². The number of carbonyl (C=O) groups is 3. The van der Waals surface area contributed by atoms with E-state index in [1.54, 1.807) is 0 Å². The van der Waals surface area contributed by atoms with Crippen molar-refractivity contribution in [2.45, 2.75) is 44.1 Å². The molecule has 0 bridgehead atoms. The molecule has 26 heavy (non-hydrogen) atoms. The van der Waals surface area contributed by atoms with Gasteiger partial charge in [-0.25, -0.2) is 8.78 Å². The van der Waals surface area contributed by atoms with Crippen molar-refractivity contribution in [2.75, 3.05) is 11.4 Å². The third-order valence-electron chi connectivity index (χ3n) is 5.13. The second kappa shape index (κ2) is 7.01. The first-order valence-corrected chi connectivity index (χ1v) is 8.59. The summed E-state index contributed by atoms with van der Waals surface area (Å²) in [5, 5.41) is 11.9. The molecule has 0 aromatic heterocycles. The third-order valence-corrected chi connectivity index (χ3v) is 5.13. The van der Waals surface area contributed by atoms with Crippen molar-refractivity contribution in [3.8, 4) is 0 Å². The number of carboxylic acid groups (broad SMARTS) is 1. The first-order valence-electron chi connectivity index (χ1n) is 8.59. The number of aliphatic carboxylic acids is 1. The van der Waals surface area contributed by atoms with Gasteiger partial charge in [-0.1, -0.05) is 12.8 Å². The normalized spacial score (nSPS) is 21.8. The van der Waals surface area contributed by atoms with E-state index in [0.29, 0.717) is 18.9 Å². The topological polar surface area (TPSA) is 86.7 Å². The van der Waals surface area contributed by atoms with Gasteiger partial charge < -0.3 is 15.3 Å². The Kier molecular flexibility index (Phi) is 4.93. The number of anilines is 1. The Morgan fingerprint density at radius 1 is 1.27 bits per heavy atom. The molecule has 8 heteroatoms. The van der Waals surface area contributed by atoms with Gasteiger partial charge in [0.2, 0.25) is 11.8 Å². The molecule has 2 N–H and O–H groups in total. The number of nitrogens with one attached hydrogen (secondary N) is 1. The minimum absolute atomic E-state index is 0.0175. The Labute approximate surface area is 149 Å². The fraction of sp³-hybridized carbons (Fsp3) is 0.500. The summed E-state index contributed by atoms with van der Waals surface area (Å²) in [5.74, 6) is -4.11. The van der Waals surface area contributed by atoms with E-state index in [0.717, 1.165) is 23.8 Å². The summed E-state index contributed by atoms with van der Waals surface area (Å²) in [4.78, 5) is 37.1. The van der Waals surface area contributed by atoms with Crippen LogP contribution in [0.25, 0.3) is 0 Å². The van der Waals surface area contributed by atoms with Gasteiger partial charge in [-0.2, -0.15) is 0 Å². The van der Waals surface area contributed by atoms with Crippen LogP contribution in [-0.4, -0.2) is 35.0 Å². The van der Waals surface area contributed by atoms with Crippen molar-refractivity contribution in [3.05, 3.63) is 29.8 Å². The Hall–Kier alpha value is -2.51.